The molecule has 0 radical (unpaired) electrons. The van der Waals surface area contributed by atoms with E-state index in [1.807, 2.05) is 46.1 Å². The monoisotopic (exact) mass is 728 g/mol. The minimum atomic E-state index is -0.609. The third kappa shape index (κ3) is 13.6. The van der Waals surface area contributed by atoms with E-state index in [4.69, 9.17) is 15.2 Å². The Bertz CT molecular complexity index is 1610. The molecular formula is C37H50F2N6O5S. The zero-order valence-corrected chi connectivity index (χ0v) is 30.8. The van der Waals surface area contributed by atoms with Gasteiger partial charge >= 0.3 is 0 Å². The van der Waals surface area contributed by atoms with Gasteiger partial charge in [-0.1, -0.05) is 34.1 Å². The van der Waals surface area contributed by atoms with Gasteiger partial charge in [0.25, 0.3) is 0 Å². The van der Waals surface area contributed by atoms with E-state index in [1.165, 1.54) is 18.2 Å². The van der Waals surface area contributed by atoms with E-state index >= 15 is 0 Å². The average molecular weight is 729 g/mol. The highest BCUT2D eigenvalue weighted by Crippen LogP contribution is 2.34. The van der Waals surface area contributed by atoms with Gasteiger partial charge in [0.2, 0.25) is 23.6 Å². The molecule has 278 valence electrons. The van der Waals surface area contributed by atoms with E-state index in [9.17, 15) is 23.2 Å². The van der Waals surface area contributed by atoms with Gasteiger partial charge in [0.05, 0.1) is 19.4 Å². The lowest BCUT2D eigenvalue weighted by Gasteiger charge is -2.18. The van der Waals surface area contributed by atoms with Crippen LogP contribution in [0, 0.1) is 23.5 Å². The number of hydrogen-bond donors (Lipinski definition) is 4. The summed E-state index contributed by atoms with van der Waals surface area (Å²) >= 11 is 1.69. The fraction of sp³-hybridized carbons (Fsp3) is 0.486. The second kappa shape index (κ2) is 21.0. The van der Waals surface area contributed by atoms with Crippen molar-refractivity contribution < 1.29 is 32.6 Å². The lowest BCUT2D eigenvalue weighted by molar-refractivity contribution is -0.128. The quantitative estimate of drug-likeness (QED) is 0.144. The average Bonchev–Trinajstić information content (AvgIpc) is 3.09. The van der Waals surface area contributed by atoms with E-state index in [0.29, 0.717) is 55.7 Å². The summed E-state index contributed by atoms with van der Waals surface area (Å²) < 4.78 is 39.8. The number of anilines is 2. The van der Waals surface area contributed by atoms with Crippen LogP contribution >= 0.6 is 11.8 Å². The first kappa shape index (κ1) is 41.0. The molecule has 2 atom stereocenters. The van der Waals surface area contributed by atoms with Gasteiger partial charge in [-0.15, -0.1) is 0 Å². The molecule has 0 saturated carbocycles. The second-order valence-corrected chi connectivity index (χ2v) is 13.5. The summed E-state index contributed by atoms with van der Waals surface area (Å²) in [5.41, 5.74) is 7.03. The van der Waals surface area contributed by atoms with Gasteiger partial charge in [-0.3, -0.25) is 14.4 Å². The normalized spacial score (nSPS) is 13.4. The molecule has 0 aliphatic carbocycles. The topological polar surface area (TPSA) is 158 Å². The lowest BCUT2D eigenvalue weighted by Crippen LogP contribution is -2.47. The SMILES string of the molecule is CCC(C)C(=O)NCCCCCC(=O)NC(C(N)=O)C(C)C.CSCc1cc2nc(c1)OCCCOc1cc(F)ccc1-c1cc(ncc1F)N2. The Labute approximate surface area is 303 Å². The van der Waals surface area contributed by atoms with Crippen LogP contribution in [0.2, 0.25) is 0 Å². The molecule has 2 unspecified atom stereocenters. The minimum Gasteiger partial charge on any atom is -0.493 e. The Morgan fingerprint density at radius 3 is 2.47 bits per heavy atom. The van der Waals surface area contributed by atoms with E-state index < -0.39 is 23.6 Å². The molecule has 4 rings (SSSR count). The number of carbonyl (C=O) groups excluding carboxylic acids is 3. The van der Waals surface area contributed by atoms with Crippen molar-refractivity contribution in [3.63, 3.8) is 0 Å². The van der Waals surface area contributed by atoms with E-state index in [2.05, 4.69) is 25.9 Å². The molecule has 0 fully saturated rings. The standard InChI is InChI=1S/C21H19F2N3O2S.C16H31N3O3/c1-29-12-13-7-20-25-19-10-16(17(23)11-24-19)15-4-3-14(22)9-18(15)27-5-2-6-28-21(8-13)26-20;1-5-12(4)16(22)18-10-8-6-7-9-13(20)19-14(11(2)3)15(17)21/h3-4,7-11H,2,5-6,12H2,1H3,(H,24,25,26);11-12,14H,5-10H2,1-4H3,(H2,17,21)(H,18,22)(H,19,20). The number of benzene rings is 1. The zero-order chi connectivity index (χ0) is 37.3. The van der Waals surface area contributed by atoms with Crippen molar-refractivity contribution in [1.82, 2.24) is 20.6 Å². The van der Waals surface area contributed by atoms with Crippen LogP contribution in [-0.2, 0) is 20.1 Å². The molecule has 5 N–H and O–H groups in total. The third-order valence-corrected chi connectivity index (χ3v) is 8.67. The van der Waals surface area contributed by atoms with Crippen LogP contribution in [0.15, 0.2) is 42.6 Å². The van der Waals surface area contributed by atoms with Crippen LogP contribution in [-0.4, -0.2) is 59.7 Å². The van der Waals surface area contributed by atoms with Crippen LogP contribution < -0.4 is 31.2 Å². The molecule has 3 aromatic rings. The molecular weight excluding hydrogens is 679 g/mol. The molecule has 11 nitrogen and oxygen atoms in total. The molecule has 1 aliphatic heterocycles. The van der Waals surface area contributed by atoms with E-state index in [0.717, 1.165) is 43.2 Å². The summed E-state index contributed by atoms with van der Waals surface area (Å²) in [5.74, 6) is 1.03. The Balaban J connectivity index is 0.000000289. The fourth-order valence-electron chi connectivity index (χ4n) is 5.02. The largest absolute Gasteiger partial charge is 0.493 e. The highest BCUT2D eigenvalue weighted by Gasteiger charge is 2.21. The number of carbonyl (C=O) groups is 3. The van der Waals surface area contributed by atoms with Crippen LogP contribution in [0.5, 0.6) is 11.6 Å². The van der Waals surface area contributed by atoms with Crippen LogP contribution in [0.3, 0.4) is 0 Å². The number of nitrogens with two attached hydrogens (primary N) is 1. The molecule has 0 saturated heterocycles. The Hall–Kier alpha value is -4.46. The first-order valence-electron chi connectivity index (χ1n) is 17.3. The summed E-state index contributed by atoms with van der Waals surface area (Å²) in [6.07, 6.45) is 7.35. The molecule has 2 aromatic heterocycles. The molecule has 51 heavy (non-hydrogen) atoms. The molecule has 3 heterocycles. The third-order valence-electron chi connectivity index (χ3n) is 8.04. The summed E-state index contributed by atoms with van der Waals surface area (Å²) in [7, 11) is 0. The summed E-state index contributed by atoms with van der Waals surface area (Å²) in [6, 6.07) is 8.79. The molecule has 0 spiro atoms. The van der Waals surface area contributed by atoms with Crippen molar-refractivity contribution in [1.29, 1.82) is 0 Å². The van der Waals surface area contributed by atoms with Crippen LogP contribution in [0.4, 0.5) is 20.4 Å². The predicted molar refractivity (Wildman–Crippen MR) is 197 cm³/mol. The first-order valence-corrected chi connectivity index (χ1v) is 18.7. The number of fused-ring (bicyclic) bond motifs is 6. The van der Waals surface area contributed by atoms with Crippen molar-refractivity contribution in [2.75, 3.05) is 31.3 Å². The molecule has 1 aromatic carbocycles. The maximum Gasteiger partial charge on any atom is 0.240 e. The highest BCUT2D eigenvalue weighted by molar-refractivity contribution is 7.97. The van der Waals surface area contributed by atoms with Gasteiger partial charge in [-0.25, -0.2) is 13.8 Å². The number of ether oxygens (including phenoxy) is 2. The maximum absolute atomic E-state index is 14.6. The number of pyridine rings is 2. The Morgan fingerprint density at radius 1 is 1.00 bits per heavy atom. The van der Waals surface area contributed by atoms with E-state index in [1.54, 1.807) is 17.8 Å². The summed E-state index contributed by atoms with van der Waals surface area (Å²) in [4.78, 5) is 43.1. The van der Waals surface area contributed by atoms with Crippen molar-refractivity contribution in [3.8, 4) is 22.8 Å². The van der Waals surface area contributed by atoms with Crippen molar-refractivity contribution in [3.05, 3.63) is 59.8 Å². The van der Waals surface area contributed by atoms with Gasteiger partial charge in [0.1, 0.15) is 35.1 Å². The van der Waals surface area contributed by atoms with Gasteiger partial charge in [-0.2, -0.15) is 16.7 Å². The van der Waals surface area contributed by atoms with Crippen molar-refractivity contribution in [2.24, 2.45) is 17.6 Å². The number of aromatic nitrogens is 2. The molecule has 4 bridgehead atoms. The number of nitrogens with one attached hydrogen (secondary N) is 3. The molecule has 14 heteroatoms. The Kier molecular flexibility index (Phi) is 16.9. The summed E-state index contributed by atoms with van der Waals surface area (Å²) in [5, 5.41) is 8.66. The Morgan fingerprint density at radius 2 is 1.76 bits per heavy atom. The number of hydrogen-bond acceptors (Lipinski definition) is 9. The number of amides is 3. The first-order chi connectivity index (χ1) is 24.4. The number of halogens is 2. The van der Waals surface area contributed by atoms with Gasteiger partial charge in [0.15, 0.2) is 0 Å². The van der Waals surface area contributed by atoms with Gasteiger partial charge < -0.3 is 31.2 Å². The highest BCUT2D eigenvalue weighted by atomic mass is 32.2. The lowest BCUT2D eigenvalue weighted by atomic mass is 10.0. The molecule has 3 amide bonds. The van der Waals surface area contributed by atoms with Crippen molar-refractivity contribution >= 4 is 41.1 Å². The molecule has 1 aliphatic rings. The second-order valence-electron chi connectivity index (χ2n) is 12.6. The van der Waals surface area contributed by atoms with Gasteiger partial charge in [-0.05, 0) is 61.3 Å². The number of nitrogens with zero attached hydrogens (tertiary/aromatic N) is 2. The van der Waals surface area contributed by atoms with Crippen LogP contribution in [0.25, 0.3) is 11.1 Å². The predicted octanol–water partition coefficient (Wildman–Crippen LogP) is 6.52. The van der Waals surface area contributed by atoms with E-state index in [-0.39, 0.29) is 35.0 Å². The van der Waals surface area contributed by atoms with Crippen molar-refractivity contribution in [2.45, 2.75) is 78.0 Å². The number of rotatable bonds is 13. The number of primary amides is 1. The zero-order valence-electron chi connectivity index (χ0n) is 30.0. The summed E-state index contributed by atoms with van der Waals surface area (Å²) in [6.45, 7) is 8.90. The smallest absolute Gasteiger partial charge is 0.240 e. The number of thioether (sulfide) groups is 1. The maximum atomic E-state index is 14.6. The fourth-order valence-corrected chi connectivity index (χ4v) is 5.52. The number of unbranched alkanes of at least 4 members (excludes halogenated alkanes) is 2. The van der Waals surface area contributed by atoms with Gasteiger partial charge in [0, 0.05) is 54.3 Å². The van der Waals surface area contributed by atoms with Crippen LogP contribution in [0.1, 0.15) is 71.8 Å². The minimum absolute atomic E-state index is 0.0165.